The van der Waals surface area contributed by atoms with E-state index in [1.54, 1.807) is 19.3 Å². The quantitative estimate of drug-likeness (QED) is 0.480. The molecular formula is C10H16. The van der Waals surface area contributed by atoms with Gasteiger partial charge in [0.05, 0.1) is 0 Å². The molecule has 56 valence electrons. The summed E-state index contributed by atoms with van der Waals surface area (Å²) in [4.78, 5) is 0. The Morgan fingerprint density at radius 3 is 2.30 bits per heavy atom. The van der Waals surface area contributed by atoms with Gasteiger partial charge in [0.15, 0.2) is 0 Å². The zero-order valence-corrected chi connectivity index (χ0v) is 6.93. The van der Waals surface area contributed by atoms with Gasteiger partial charge in [-0.25, -0.2) is 0 Å². The van der Waals surface area contributed by atoms with Gasteiger partial charge >= 0.3 is 0 Å². The molecule has 10 heavy (non-hydrogen) atoms. The maximum Gasteiger partial charge on any atom is -0.0261 e. The molecule has 3 saturated carbocycles. The average molecular weight is 136 g/mol. The molecule has 0 heteroatoms. The van der Waals surface area contributed by atoms with Gasteiger partial charge in [-0.15, -0.1) is 0 Å². The minimum Gasteiger partial charge on any atom is -0.0619 e. The van der Waals surface area contributed by atoms with Gasteiger partial charge in [0, 0.05) is 0 Å². The van der Waals surface area contributed by atoms with E-state index in [0.717, 1.165) is 29.1 Å². The Labute approximate surface area is 63.0 Å². The molecule has 0 radical (unpaired) electrons. The summed E-state index contributed by atoms with van der Waals surface area (Å²) in [6, 6.07) is 0. The van der Waals surface area contributed by atoms with Crippen molar-refractivity contribution in [2.45, 2.75) is 33.1 Å². The lowest BCUT2D eigenvalue weighted by Gasteiger charge is -2.38. The summed E-state index contributed by atoms with van der Waals surface area (Å²) in [5.41, 5.74) is 0.850. The van der Waals surface area contributed by atoms with E-state index in [1.807, 2.05) is 0 Å². The van der Waals surface area contributed by atoms with Crippen molar-refractivity contribution in [1.82, 2.24) is 0 Å². The lowest BCUT2D eigenvalue weighted by molar-refractivity contribution is 0.111. The normalized spacial score (nSPS) is 70.2. The van der Waals surface area contributed by atoms with Gasteiger partial charge in [-0.3, -0.25) is 0 Å². The van der Waals surface area contributed by atoms with Gasteiger partial charge in [0.1, 0.15) is 0 Å². The fraction of sp³-hybridized carbons (Fsp3) is 1.00. The van der Waals surface area contributed by atoms with Crippen LogP contribution in [0.4, 0.5) is 0 Å². The van der Waals surface area contributed by atoms with Gasteiger partial charge in [-0.2, -0.15) is 0 Å². The summed E-state index contributed by atoms with van der Waals surface area (Å²) in [6.45, 7) is 5.01. The topological polar surface area (TPSA) is 0 Å². The van der Waals surface area contributed by atoms with Crippen LogP contribution in [0.5, 0.6) is 0 Å². The summed E-state index contributed by atoms with van der Waals surface area (Å²) >= 11 is 0. The van der Waals surface area contributed by atoms with Gasteiger partial charge < -0.3 is 0 Å². The van der Waals surface area contributed by atoms with Crippen molar-refractivity contribution < 1.29 is 0 Å². The smallest absolute Gasteiger partial charge is 0.0261 e. The molecule has 0 spiro atoms. The highest BCUT2D eigenvalue weighted by molar-refractivity contribution is 5.17. The molecule has 0 heterocycles. The maximum atomic E-state index is 2.53. The molecule has 0 amide bonds. The van der Waals surface area contributed by atoms with Crippen LogP contribution < -0.4 is 0 Å². The van der Waals surface area contributed by atoms with Crippen LogP contribution in [0.2, 0.25) is 0 Å². The van der Waals surface area contributed by atoms with Crippen molar-refractivity contribution in [3.05, 3.63) is 0 Å². The van der Waals surface area contributed by atoms with Crippen molar-refractivity contribution in [3.8, 4) is 0 Å². The SMILES string of the molecule is CC1C2CC[C@@H]2C2(C)CC12. The Hall–Kier alpha value is 0. The first-order valence-corrected chi connectivity index (χ1v) is 4.73. The minimum absolute atomic E-state index is 0.850. The van der Waals surface area contributed by atoms with E-state index in [1.165, 1.54) is 0 Å². The van der Waals surface area contributed by atoms with Gasteiger partial charge in [0.25, 0.3) is 0 Å². The van der Waals surface area contributed by atoms with Gasteiger partial charge in [0.2, 0.25) is 0 Å². The molecule has 0 aromatic rings. The molecule has 0 aliphatic heterocycles. The van der Waals surface area contributed by atoms with Crippen LogP contribution in [0, 0.1) is 29.1 Å². The second kappa shape index (κ2) is 1.31. The number of fused-ring (bicyclic) bond motifs is 3. The monoisotopic (exact) mass is 136 g/mol. The lowest BCUT2D eigenvalue weighted by Crippen LogP contribution is -2.30. The highest BCUT2D eigenvalue weighted by Gasteiger charge is 2.68. The van der Waals surface area contributed by atoms with E-state index in [4.69, 9.17) is 0 Å². The second-order valence-corrected chi connectivity index (χ2v) is 5.02. The second-order valence-electron chi connectivity index (χ2n) is 5.02. The molecule has 0 N–H and O–H groups in total. The number of rotatable bonds is 0. The predicted octanol–water partition coefficient (Wildman–Crippen LogP) is 2.69. The molecule has 3 fully saturated rings. The molecule has 0 aromatic carbocycles. The van der Waals surface area contributed by atoms with E-state index in [2.05, 4.69) is 13.8 Å². The number of hydrogen-bond donors (Lipinski definition) is 0. The summed E-state index contributed by atoms with van der Waals surface area (Å²) in [7, 11) is 0. The van der Waals surface area contributed by atoms with Crippen LogP contribution in [-0.4, -0.2) is 0 Å². The highest BCUT2D eigenvalue weighted by atomic mass is 14.7. The summed E-state index contributed by atoms with van der Waals surface area (Å²) in [6.07, 6.45) is 4.68. The summed E-state index contributed by atoms with van der Waals surface area (Å²) in [5.74, 6) is 4.55. The van der Waals surface area contributed by atoms with E-state index in [0.29, 0.717) is 0 Å². The molecule has 3 aliphatic carbocycles. The standard InChI is InChI=1S/C10H16/c1-6-7-3-4-8(7)10(2)5-9(6)10/h6-9H,3-5H2,1-2H3/t6?,7?,8-,9?,10?/m0/s1. The van der Waals surface area contributed by atoms with Crippen LogP contribution >= 0.6 is 0 Å². The molecule has 0 aromatic heterocycles. The Kier molecular flexibility index (Phi) is 0.735. The van der Waals surface area contributed by atoms with E-state index in [9.17, 15) is 0 Å². The molecule has 5 atom stereocenters. The maximum absolute atomic E-state index is 2.53. The van der Waals surface area contributed by atoms with Crippen LogP contribution in [0.3, 0.4) is 0 Å². The zero-order chi connectivity index (χ0) is 6.93. The average Bonchev–Trinajstić information content (AvgIpc) is 2.34. The van der Waals surface area contributed by atoms with Crippen LogP contribution in [0.1, 0.15) is 33.1 Å². The van der Waals surface area contributed by atoms with Crippen LogP contribution in [0.15, 0.2) is 0 Å². The Morgan fingerprint density at radius 2 is 2.00 bits per heavy atom. The molecule has 0 nitrogen and oxygen atoms in total. The third kappa shape index (κ3) is 0.383. The number of hydrogen-bond acceptors (Lipinski definition) is 0. The Balaban J connectivity index is 1.97. The predicted molar refractivity (Wildman–Crippen MR) is 41.6 cm³/mol. The van der Waals surface area contributed by atoms with E-state index < -0.39 is 0 Å². The zero-order valence-electron chi connectivity index (χ0n) is 6.93. The summed E-state index contributed by atoms with van der Waals surface area (Å²) < 4.78 is 0. The van der Waals surface area contributed by atoms with Crippen molar-refractivity contribution >= 4 is 0 Å². The van der Waals surface area contributed by atoms with E-state index in [-0.39, 0.29) is 0 Å². The molecule has 3 rings (SSSR count). The van der Waals surface area contributed by atoms with Crippen molar-refractivity contribution in [3.63, 3.8) is 0 Å². The third-order valence-corrected chi connectivity index (χ3v) is 4.83. The highest BCUT2D eigenvalue weighted by Crippen LogP contribution is 2.75. The fourth-order valence-electron chi connectivity index (χ4n) is 3.90. The fourth-order valence-corrected chi connectivity index (χ4v) is 3.90. The molecule has 4 unspecified atom stereocenters. The summed E-state index contributed by atoms with van der Waals surface area (Å²) in [5, 5.41) is 0. The molecule has 0 saturated heterocycles. The van der Waals surface area contributed by atoms with Crippen LogP contribution in [-0.2, 0) is 0 Å². The van der Waals surface area contributed by atoms with Crippen molar-refractivity contribution in [2.75, 3.05) is 0 Å². The van der Waals surface area contributed by atoms with E-state index >= 15 is 0 Å². The first-order valence-electron chi connectivity index (χ1n) is 4.73. The largest absolute Gasteiger partial charge is 0.0619 e. The lowest BCUT2D eigenvalue weighted by atomic mass is 9.67. The molecular weight excluding hydrogens is 120 g/mol. The van der Waals surface area contributed by atoms with Crippen molar-refractivity contribution in [1.29, 1.82) is 0 Å². The Morgan fingerprint density at radius 1 is 1.20 bits per heavy atom. The first-order chi connectivity index (χ1) is 4.73. The van der Waals surface area contributed by atoms with Crippen LogP contribution in [0.25, 0.3) is 0 Å². The minimum atomic E-state index is 0.850. The molecule has 0 bridgehead atoms. The Bertz CT molecular complexity index is 182. The first kappa shape index (κ1) is 5.62. The van der Waals surface area contributed by atoms with Gasteiger partial charge in [-0.1, -0.05) is 13.8 Å². The van der Waals surface area contributed by atoms with Gasteiger partial charge in [-0.05, 0) is 48.3 Å². The third-order valence-electron chi connectivity index (χ3n) is 4.83. The van der Waals surface area contributed by atoms with Crippen molar-refractivity contribution in [2.24, 2.45) is 29.1 Å². The molecule has 3 aliphatic rings.